The maximum atomic E-state index is 13.6. The van der Waals surface area contributed by atoms with Crippen molar-refractivity contribution in [3.63, 3.8) is 0 Å². The molecule has 0 bridgehead atoms. The number of benzene rings is 1. The van der Waals surface area contributed by atoms with E-state index in [0.29, 0.717) is 44.7 Å². The lowest BCUT2D eigenvalue weighted by Gasteiger charge is -2.49. The molecule has 3 heterocycles. The summed E-state index contributed by atoms with van der Waals surface area (Å²) in [4.78, 5) is 35.1. The average molecular weight is 545 g/mol. The number of piperidine rings is 1. The monoisotopic (exact) mass is 544 g/mol. The van der Waals surface area contributed by atoms with Gasteiger partial charge in [-0.2, -0.15) is 13.2 Å². The van der Waals surface area contributed by atoms with E-state index >= 15 is 0 Å². The highest BCUT2D eigenvalue weighted by molar-refractivity contribution is 5.77. The Bertz CT molecular complexity index is 1120. The first-order chi connectivity index (χ1) is 18.3. The van der Waals surface area contributed by atoms with E-state index in [4.69, 9.17) is 0 Å². The van der Waals surface area contributed by atoms with E-state index in [-0.39, 0.29) is 35.2 Å². The van der Waals surface area contributed by atoms with Gasteiger partial charge < -0.3 is 9.80 Å². The smallest absolute Gasteiger partial charge is 0.343 e. The van der Waals surface area contributed by atoms with Gasteiger partial charge in [0, 0.05) is 58.3 Å². The lowest BCUT2D eigenvalue weighted by molar-refractivity contribution is -0.142. The molecule has 0 spiro atoms. The number of amides is 2. The molecule has 0 saturated carbocycles. The molecule has 1 aromatic heterocycles. The molecule has 2 fully saturated rings. The van der Waals surface area contributed by atoms with Gasteiger partial charge in [0.15, 0.2) is 0 Å². The molecular formula is C30H39F3N4O2. The van der Waals surface area contributed by atoms with Gasteiger partial charge in [0.25, 0.3) is 0 Å². The second kappa shape index (κ2) is 11.7. The lowest BCUT2D eigenvalue weighted by Crippen LogP contribution is -2.60. The molecule has 9 heteroatoms. The number of nitrogens with zero attached hydrogens (tertiary/aromatic N) is 4. The molecule has 39 heavy (non-hydrogen) atoms. The Balaban J connectivity index is 1.54. The zero-order valence-corrected chi connectivity index (χ0v) is 23.2. The molecule has 2 atom stereocenters. The number of rotatable bonds is 5. The van der Waals surface area contributed by atoms with Gasteiger partial charge in [-0.1, -0.05) is 57.2 Å². The van der Waals surface area contributed by atoms with Crippen LogP contribution in [0, 0.1) is 11.3 Å². The summed E-state index contributed by atoms with van der Waals surface area (Å²) < 4.78 is 39.6. The number of pyridine rings is 1. The van der Waals surface area contributed by atoms with Crippen LogP contribution in [-0.4, -0.2) is 70.3 Å². The number of carbonyl (C=O) groups is 2. The number of carbonyl (C=O) groups excluding carboxylic acids is 2. The summed E-state index contributed by atoms with van der Waals surface area (Å²) in [5.41, 5.74) is 0.559. The molecule has 2 unspecified atom stereocenters. The van der Waals surface area contributed by atoms with Crippen molar-refractivity contribution in [2.75, 3.05) is 32.7 Å². The van der Waals surface area contributed by atoms with Gasteiger partial charge in [-0.05, 0) is 41.4 Å². The molecule has 2 saturated heterocycles. The highest BCUT2D eigenvalue weighted by Gasteiger charge is 2.41. The van der Waals surface area contributed by atoms with Crippen molar-refractivity contribution in [1.29, 1.82) is 0 Å². The summed E-state index contributed by atoms with van der Waals surface area (Å²) in [5, 5.41) is 0. The van der Waals surface area contributed by atoms with Gasteiger partial charge in [0.2, 0.25) is 11.8 Å². The third kappa shape index (κ3) is 6.99. The first-order valence-electron chi connectivity index (χ1n) is 13.7. The Morgan fingerprint density at radius 1 is 0.949 bits per heavy atom. The van der Waals surface area contributed by atoms with E-state index in [0.717, 1.165) is 24.5 Å². The van der Waals surface area contributed by atoms with Crippen LogP contribution >= 0.6 is 0 Å². The maximum absolute atomic E-state index is 13.6. The predicted octanol–water partition coefficient (Wildman–Crippen LogP) is 5.40. The first-order valence-corrected chi connectivity index (χ1v) is 13.7. The number of likely N-dealkylation sites (tertiary alicyclic amines) is 1. The summed E-state index contributed by atoms with van der Waals surface area (Å²) >= 11 is 0. The second-order valence-electron chi connectivity index (χ2n) is 11.9. The van der Waals surface area contributed by atoms with Gasteiger partial charge in [-0.3, -0.25) is 19.5 Å². The van der Waals surface area contributed by atoms with Crippen LogP contribution in [0.3, 0.4) is 0 Å². The molecule has 0 aliphatic carbocycles. The van der Waals surface area contributed by atoms with Gasteiger partial charge in [0.1, 0.15) is 5.69 Å². The standard InChI is InChI=1S/C30H39F3N4O2/c1-21(38)35-14-12-22(13-15-35)18-27(39)37-17-16-36(20-26(37)29(2,3)4)28(23-8-6-5-7-9-23)24-10-11-25(34-19-24)30(31,32)33/h5-11,19,22,26,28H,12-18,20H2,1-4H3. The minimum atomic E-state index is -4.49. The number of piperazine rings is 1. The van der Waals surface area contributed by atoms with E-state index in [1.54, 1.807) is 6.92 Å². The first kappa shape index (κ1) is 29.1. The van der Waals surface area contributed by atoms with Crippen LogP contribution in [0.1, 0.15) is 69.8 Å². The Morgan fingerprint density at radius 2 is 1.62 bits per heavy atom. The summed E-state index contributed by atoms with van der Waals surface area (Å²) in [7, 11) is 0. The van der Waals surface area contributed by atoms with Gasteiger partial charge in [-0.25, -0.2) is 0 Å². The van der Waals surface area contributed by atoms with E-state index < -0.39 is 11.9 Å². The van der Waals surface area contributed by atoms with Crippen LogP contribution in [0.4, 0.5) is 13.2 Å². The summed E-state index contributed by atoms with van der Waals surface area (Å²) in [6.07, 6.45) is -1.02. The minimum Gasteiger partial charge on any atom is -0.343 e. The van der Waals surface area contributed by atoms with Crippen molar-refractivity contribution < 1.29 is 22.8 Å². The normalized spacial score (nSPS) is 20.6. The molecule has 4 rings (SSSR count). The zero-order valence-electron chi connectivity index (χ0n) is 23.2. The van der Waals surface area contributed by atoms with E-state index in [1.807, 2.05) is 40.1 Å². The van der Waals surface area contributed by atoms with Crippen molar-refractivity contribution in [1.82, 2.24) is 19.7 Å². The molecular weight excluding hydrogens is 505 g/mol. The molecule has 2 aliphatic rings. The van der Waals surface area contributed by atoms with Crippen LogP contribution < -0.4 is 0 Å². The van der Waals surface area contributed by atoms with Crippen LogP contribution in [-0.2, 0) is 15.8 Å². The number of halogens is 3. The Labute approximate surface area is 229 Å². The van der Waals surface area contributed by atoms with Crippen molar-refractivity contribution in [2.45, 2.75) is 65.2 Å². The van der Waals surface area contributed by atoms with E-state index in [9.17, 15) is 22.8 Å². The van der Waals surface area contributed by atoms with E-state index in [2.05, 4.69) is 30.7 Å². The van der Waals surface area contributed by atoms with Gasteiger partial charge in [0.05, 0.1) is 6.04 Å². The quantitative estimate of drug-likeness (QED) is 0.506. The van der Waals surface area contributed by atoms with Crippen LogP contribution in [0.25, 0.3) is 0 Å². The number of alkyl halides is 3. The summed E-state index contributed by atoms with van der Waals surface area (Å²) in [6, 6.07) is 12.0. The maximum Gasteiger partial charge on any atom is 0.433 e. The SMILES string of the molecule is CC(=O)N1CCC(CC(=O)N2CCN(C(c3ccccc3)c3ccc(C(F)(F)F)nc3)CC2C(C)(C)C)CC1. The van der Waals surface area contributed by atoms with Crippen molar-refractivity contribution in [3.05, 3.63) is 65.5 Å². The predicted molar refractivity (Wildman–Crippen MR) is 144 cm³/mol. The fourth-order valence-corrected chi connectivity index (χ4v) is 5.88. The van der Waals surface area contributed by atoms with Crippen LogP contribution in [0.15, 0.2) is 48.7 Å². The van der Waals surface area contributed by atoms with Crippen molar-refractivity contribution >= 4 is 11.8 Å². The Morgan fingerprint density at radius 3 is 2.15 bits per heavy atom. The Hall–Kier alpha value is -2.94. The van der Waals surface area contributed by atoms with E-state index in [1.165, 1.54) is 12.3 Å². The molecule has 2 aromatic rings. The third-order valence-electron chi connectivity index (χ3n) is 8.13. The molecule has 2 aliphatic heterocycles. The highest BCUT2D eigenvalue weighted by atomic mass is 19.4. The summed E-state index contributed by atoms with van der Waals surface area (Å²) in [5.74, 6) is 0.491. The van der Waals surface area contributed by atoms with Gasteiger partial charge in [-0.15, -0.1) is 0 Å². The van der Waals surface area contributed by atoms with Crippen molar-refractivity contribution in [2.24, 2.45) is 11.3 Å². The highest BCUT2D eigenvalue weighted by Crippen LogP contribution is 2.36. The molecule has 0 radical (unpaired) electrons. The number of hydrogen-bond donors (Lipinski definition) is 0. The molecule has 2 amide bonds. The van der Waals surface area contributed by atoms with Crippen LogP contribution in [0.2, 0.25) is 0 Å². The lowest BCUT2D eigenvalue weighted by atomic mass is 9.82. The summed E-state index contributed by atoms with van der Waals surface area (Å²) in [6.45, 7) is 11.1. The fraction of sp³-hybridized carbons (Fsp3) is 0.567. The minimum absolute atomic E-state index is 0.0651. The topological polar surface area (TPSA) is 56.8 Å². The number of aromatic nitrogens is 1. The number of hydrogen-bond acceptors (Lipinski definition) is 4. The molecule has 212 valence electrons. The molecule has 6 nitrogen and oxygen atoms in total. The zero-order chi connectivity index (χ0) is 28.4. The fourth-order valence-electron chi connectivity index (χ4n) is 5.88. The molecule has 0 N–H and O–H groups in total. The Kier molecular flexibility index (Phi) is 8.69. The van der Waals surface area contributed by atoms with Gasteiger partial charge >= 0.3 is 6.18 Å². The third-order valence-corrected chi connectivity index (χ3v) is 8.13. The second-order valence-corrected chi connectivity index (χ2v) is 11.9. The average Bonchev–Trinajstić information content (AvgIpc) is 2.89. The molecule has 1 aromatic carbocycles. The van der Waals surface area contributed by atoms with Crippen molar-refractivity contribution in [3.8, 4) is 0 Å². The van der Waals surface area contributed by atoms with Crippen LogP contribution in [0.5, 0.6) is 0 Å². The largest absolute Gasteiger partial charge is 0.433 e.